The lowest BCUT2D eigenvalue weighted by molar-refractivity contribution is -0.198. The number of fused-ring (bicyclic) bond motifs is 1. The molecule has 2 fully saturated rings. The smallest absolute Gasteiger partial charge is 0.179 e. The second-order valence-electron chi connectivity index (χ2n) is 9.35. The van der Waals surface area contributed by atoms with Gasteiger partial charge >= 0.3 is 0 Å². The average molecular weight is 480 g/mol. The van der Waals surface area contributed by atoms with Gasteiger partial charge in [0.25, 0.3) is 0 Å². The normalized spacial score (nSPS) is 20.9. The molecule has 3 aromatic heterocycles. The number of nitrogens with zero attached hydrogens (tertiary/aromatic N) is 5. The summed E-state index contributed by atoms with van der Waals surface area (Å²) in [7, 11) is -3.44. The first kappa shape index (κ1) is 21.4. The molecule has 0 saturated carbocycles. The highest BCUT2D eigenvalue weighted by atomic mass is 32.2. The molecule has 176 valence electrons. The van der Waals surface area contributed by atoms with Crippen LogP contribution in [0.15, 0.2) is 47.8 Å². The Kier molecular flexibility index (Phi) is 5.01. The Balaban J connectivity index is 1.16. The Morgan fingerprint density at radius 1 is 1.06 bits per heavy atom. The van der Waals surface area contributed by atoms with Crippen LogP contribution in [0.3, 0.4) is 0 Å². The third kappa shape index (κ3) is 3.89. The van der Waals surface area contributed by atoms with E-state index >= 15 is 0 Å². The number of ether oxygens (including phenoxy) is 1. The minimum atomic E-state index is -3.44. The molecule has 1 aliphatic carbocycles. The van der Waals surface area contributed by atoms with Crippen molar-refractivity contribution in [2.75, 3.05) is 43.2 Å². The SMILES string of the molecule is CS(=O)(=O)c1cccnc1Nc1cc(Nc2ccc3c(n2)CC[C@@H]3N2CC3(COC3)C2)ncn1. The fraction of sp³-hybridized carbons (Fsp3) is 0.391. The topological polar surface area (TPSA) is 122 Å². The molecule has 2 N–H and O–H groups in total. The molecule has 1 spiro atoms. The molecule has 2 aliphatic heterocycles. The Morgan fingerprint density at radius 3 is 2.59 bits per heavy atom. The van der Waals surface area contributed by atoms with Gasteiger partial charge < -0.3 is 15.4 Å². The van der Waals surface area contributed by atoms with Crippen molar-refractivity contribution in [3.8, 4) is 0 Å². The highest BCUT2D eigenvalue weighted by Crippen LogP contribution is 2.46. The quantitative estimate of drug-likeness (QED) is 0.545. The van der Waals surface area contributed by atoms with Crippen molar-refractivity contribution >= 4 is 33.1 Å². The van der Waals surface area contributed by atoms with Gasteiger partial charge in [-0.3, -0.25) is 4.90 Å². The lowest BCUT2D eigenvalue weighted by Gasteiger charge is -2.57. The standard InChI is InChI=1S/C23H25N7O3S/c1-34(31,32)18-3-2-8-24-22(18)29-21-9-20(25-14-26-21)28-19-7-4-15-16(27-19)5-6-17(15)30-10-23(11-30)12-33-13-23/h2-4,7-9,14,17H,5-6,10-13H2,1H3,(H2,24,25,26,27,28,29)/t17-/m0/s1. The van der Waals surface area contributed by atoms with E-state index in [9.17, 15) is 8.42 Å². The van der Waals surface area contributed by atoms with E-state index in [-0.39, 0.29) is 10.7 Å². The van der Waals surface area contributed by atoms with Gasteiger partial charge in [-0.05, 0) is 36.6 Å². The van der Waals surface area contributed by atoms with Crippen molar-refractivity contribution < 1.29 is 13.2 Å². The predicted octanol–water partition coefficient (Wildman–Crippen LogP) is 2.48. The first-order chi connectivity index (χ1) is 16.4. The number of aromatic nitrogens is 4. The summed E-state index contributed by atoms with van der Waals surface area (Å²) in [5.41, 5.74) is 2.85. The Bertz CT molecular complexity index is 1350. The molecule has 11 heteroatoms. The molecule has 2 saturated heterocycles. The number of hydrogen-bond donors (Lipinski definition) is 2. The lowest BCUT2D eigenvalue weighted by atomic mass is 9.76. The van der Waals surface area contributed by atoms with Gasteiger partial charge in [-0.25, -0.2) is 28.4 Å². The minimum Gasteiger partial charge on any atom is -0.380 e. The molecular weight excluding hydrogens is 454 g/mol. The molecule has 3 aliphatic rings. The fourth-order valence-corrected chi connectivity index (χ4v) is 5.81. The van der Waals surface area contributed by atoms with Crippen LogP contribution in [0.2, 0.25) is 0 Å². The molecule has 0 unspecified atom stereocenters. The average Bonchev–Trinajstić information content (AvgIpc) is 3.15. The summed E-state index contributed by atoms with van der Waals surface area (Å²) in [4.78, 5) is 20.1. The molecule has 0 radical (unpaired) electrons. The molecule has 0 amide bonds. The number of aryl methyl sites for hydroxylation is 1. The first-order valence-corrected chi connectivity index (χ1v) is 13.1. The molecule has 10 nitrogen and oxygen atoms in total. The van der Waals surface area contributed by atoms with Gasteiger partial charge in [0.15, 0.2) is 9.84 Å². The van der Waals surface area contributed by atoms with E-state index in [1.807, 2.05) is 6.07 Å². The minimum absolute atomic E-state index is 0.107. The monoisotopic (exact) mass is 479 g/mol. The molecule has 3 aromatic rings. The molecule has 5 heterocycles. The fourth-order valence-electron chi connectivity index (χ4n) is 5.03. The van der Waals surface area contributed by atoms with Gasteiger partial charge in [-0.1, -0.05) is 6.07 Å². The molecule has 6 rings (SSSR count). The number of anilines is 4. The van der Waals surface area contributed by atoms with Crippen LogP contribution in [0.5, 0.6) is 0 Å². The van der Waals surface area contributed by atoms with Gasteiger partial charge in [0.1, 0.15) is 34.5 Å². The van der Waals surface area contributed by atoms with Crippen LogP contribution in [0.1, 0.15) is 23.7 Å². The highest BCUT2D eigenvalue weighted by molar-refractivity contribution is 7.90. The lowest BCUT2D eigenvalue weighted by Crippen LogP contribution is -2.66. The van der Waals surface area contributed by atoms with Gasteiger partial charge in [0, 0.05) is 48.8 Å². The zero-order chi connectivity index (χ0) is 23.3. The molecule has 0 aromatic carbocycles. The van der Waals surface area contributed by atoms with Crippen LogP contribution in [0.4, 0.5) is 23.3 Å². The van der Waals surface area contributed by atoms with Crippen LogP contribution in [-0.2, 0) is 21.0 Å². The summed E-state index contributed by atoms with van der Waals surface area (Å²) in [6, 6.07) is 9.37. The zero-order valence-corrected chi connectivity index (χ0v) is 19.5. The summed E-state index contributed by atoms with van der Waals surface area (Å²) in [5.74, 6) is 1.91. The van der Waals surface area contributed by atoms with E-state index in [2.05, 4.69) is 36.6 Å². The van der Waals surface area contributed by atoms with Crippen molar-refractivity contribution in [1.82, 2.24) is 24.8 Å². The second-order valence-corrected chi connectivity index (χ2v) is 11.3. The van der Waals surface area contributed by atoms with E-state index in [4.69, 9.17) is 9.72 Å². The maximum Gasteiger partial charge on any atom is 0.179 e. The highest BCUT2D eigenvalue weighted by Gasteiger charge is 2.51. The number of hydrogen-bond acceptors (Lipinski definition) is 10. The van der Waals surface area contributed by atoms with E-state index in [1.165, 1.54) is 24.2 Å². The number of rotatable bonds is 6. The summed E-state index contributed by atoms with van der Waals surface area (Å²) in [6.45, 7) is 4.03. The van der Waals surface area contributed by atoms with E-state index in [0.717, 1.165) is 51.1 Å². The van der Waals surface area contributed by atoms with E-state index in [0.29, 0.717) is 28.9 Å². The van der Waals surface area contributed by atoms with Crippen LogP contribution in [0, 0.1) is 5.41 Å². The molecule has 34 heavy (non-hydrogen) atoms. The number of likely N-dealkylation sites (tertiary alicyclic amines) is 1. The summed E-state index contributed by atoms with van der Waals surface area (Å²) < 4.78 is 29.5. The van der Waals surface area contributed by atoms with Gasteiger partial charge in [0.2, 0.25) is 0 Å². The maximum atomic E-state index is 12.0. The van der Waals surface area contributed by atoms with Crippen LogP contribution < -0.4 is 10.6 Å². The summed E-state index contributed by atoms with van der Waals surface area (Å²) >= 11 is 0. The van der Waals surface area contributed by atoms with Crippen LogP contribution >= 0.6 is 0 Å². The third-order valence-electron chi connectivity index (χ3n) is 6.70. The van der Waals surface area contributed by atoms with Crippen molar-refractivity contribution in [3.63, 3.8) is 0 Å². The molecule has 0 bridgehead atoms. The summed E-state index contributed by atoms with van der Waals surface area (Å²) in [6.07, 6.45) is 6.13. The second kappa shape index (κ2) is 7.97. The zero-order valence-electron chi connectivity index (χ0n) is 18.7. The van der Waals surface area contributed by atoms with Crippen molar-refractivity contribution in [2.45, 2.75) is 23.8 Å². The van der Waals surface area contributed by atoms with E-state index in [1.54, 1.807) is 12.1 Å². The van der Waals surface area contributed by atoms with Gasteiger partial charge in [-0.15, -0.1) is 0 Å². The third-order valence-corrected chi connectivity index (χ3v) is 7.83. The van der Waals surface area contributed by atoms with Crippen molar-refractivity contribution in [3.05, 3.63) is 54.1 Å². The van der Waals surface area contributed by atoms with Crippen molar-refractivity contribution in [2.24, 2.45) is 5.41 Å². The molecule has 1 atom stereocenters. The van der Waals surface area contributed by atoms with Crippen molar-refractivity contribution in [1.29, 1.82) is 0 Å². The van der Waals surface area contributed by atoms with Gasteiger partial charge in [0.05, 0.1) is 13.2 Å². The van der Waals surface area contributed by atoms with Crippen LogP contribution in [-0.4, -0.2) is 65.8 Å². The first-order valence-electron chi connectivity index (χ1n) is 11.2. The maximum absolute atomic E-state index is 12.0. The van der Waals surface area contributed by atoms with Crippen LogP contribution in [0.25, 0.3) is 0 Å². The summed E-state index contributed by atoms with van der Waals surface area (Å²) in [5, 5.41) is 6.21. The predicted molar refractivity (Wildman–Crippen MR) is 126 cm³/mol. The Hall–Kier alpha value is -3.15. The Morgan fingerprint density at radius 2 is 1.85 bits per heavy atom. The number of sulfone groups is 1. The largest absolute Gasteiger partial charge is 0.380 e. The number of nitrogens with one attached hydrogen (secondary N) is 2. The van der Waals surface area contributed by atoms with E-state index < -0.39 is 9.84 Å². The van der Waals surface area contributed by atoms with Gasteiger partial charge in [-0.2, -0.15) is 0 Å². The molecular formula is C23H25N7O3S. The Labute approximate surface area is 197 Å². The number of pyridine rings is 2.